The summed E-state index contributed by atoms with van der Waals surface area (Å²) in [7, 11) is 2.82. The van der Waals surface area contributed by atoms with Gasteiger partial charge in [-0.3, -0.25) is 0 Å². The highest BCUT2D eigenvalue weighted by molar-refractivity contribution is 7.17. The maximum absolute atomic E-state index is 5.77. The van der Waals surface area contributed by atoms with Gasteiger partial charge in [0, 0.05) is 17.0 Å². The van der Waals surface area contributed by atoms with Gasteiger partial charge in [-0.1, -0.05) is 24.3 Å². The summed E-state index contributed by atoms with van der Waals surface area (Å²) >= 11 is 0. The predicted molar refractivity (Wildman–Crippen MR) is 73.3 cm³/mol. The van der Waals surface area contributed by atoms with Crippen molar-refractivity contribution in [3.05, 3.63) is 59.7 Å². The highest BCUT2D eigenvalue weighted by Gasteiger charge is 2.08. The first-order valence-corrected chi connectivity index (χ1v) is 5.80. The van der Waals surface area contributed by atoms with Crippen LogP contribution in [-0.2, 0) is 0 Å². The zero-order chi connectivity index (χ0) is 11.5. The van der Waals surface area contributed by atoms with Crippen LogP contribution in [0.5, 0.6) is 0 Å². The normalized spacial score (nSPS) is 10.6. The lowest BCUT2D eigenvalue weighted by molar-refractivity contribution is 1.16. The van der Waals surface area contributed by atoms with Gasteiger partial charge in [0.25, 0.3) is 0 Å². The van der Waals surface area contributed by atoms with E-state index >= 15 is 0 Å². The average Bonchev–Trinajstić information content (AvgIpc) is 2.28. The molecular formula is C13H15N2P. The van der Waals surface area contributed by atoms with Crippen molar-refractivity contribution in [2.45, 2.75) is 5.66 Å². The molecule has 2 aromatic carbocycles. The molecule has 0 aromatic heterocycles. The number of hydrogen-bond donors (Lipinski definition) is 2. The number of hydrogen-bond acceptors (Lipinski definition) is 2. The van der Waals surface area contributed by atoms with E-state index in [1.807, 2.05) is 36.4 Å². The molecule has 0 aliphatic carbocycles. The third-order valence-electron chi connectivity index (χ3n) is 2.54. The van der Waals surface area contributed by atoms with E-state index in [-0.39, 0.29) is 5.66 Å². The molecule has 82 valence electrons. The van der Waals surface area contributed by atoms with Gasteiger partial charge in [-0.05, 0) is 35.4 Å². The van der Waals surface area contributed by atoms with Crippen LogP contribution in [0, 0.1) is 0 Å². The Hall–Kier alpha value is -1.53. The van der Waals surface area contributed by atoms with Crippen molar-refractivity contribution in [2.75, 3.05) is 11.5 Å². The molecule has 0 aliphatic heterocycles. The van der Waals surface area contributed by atoms with Crippen LogP contribution in [0.25, 0.3) is 0 Å². The smallest absolute Gasteiger partial charge is 0.0317 e. The van der Waals surface area contributed by atoms with Gasteiger partial charge in [0.05, 0.1) is 0 Å². The third kappa shape index (κ3) is 2.34. The van der Waals surface area contributed by atoms with Gasteiger partial charge in [0.15, 0.2) is 0 Å². The van der Waals surface area contributed by atoms with Crippen LogP contribution in [-0.4, -0.2) is 0 Å². The second-order valence-corrected chi connectivity index (χ2v) is 4.48. The maximum Gasteiger partial charge on any atom is 0.0317 e. The molecule has 0 fully saturated rings. The van der Waals surface area contributed by atoms with Gasteiger partial charge in [-0.25, -0.2) is 0 Å². The summed E-state index contributed by atoms with van der Waals surface area (Å²) in [5.74, 6) is 0. The molecule has 16 heavy (non-hydrogen) atoms. The number of anilines is 2. The molecule has 0 bridgehead atoms. The van der Waals surface area contributed by atoms with E-state index < -0.39 is 0 Å². The van der Waals surface area contributed by atoms with Gasteiger partial charge in [0.1, 0.15) is 0 Å². The maximum atomic E-state index is 5.77. The molecule has 2 aromatic rings. The fourth-order valence-electron chi connectivity index (χ4n) is 1.70. The summed E-state index contributed by atoms with van der Waals surface area (Å²) in [4.78, 5) is 0. The summed E-state index contributed by atoms with van der Waals surface area (Å²) in [5, 5.41) is 0. The fourth-order valence-corrected chi connectivity index (χ4v) is 2.11. The van der Waals surface area contributed by atoms with Crippen LogP contribution < -0.4 is 11.5 Å². The minimum atomic E-state index is 0.229. The Bertz CT molecular complexity index is 451. The van der Waals surface area contributed by atoms with Crippen molar-refractivity contribution in [3.8, 4) is 0 Å². The quantitative estimate of drug-likeness (QED) is 0.615. The molecule has 0 aliphatic rings. The van der Waals surface area contributed by atoms with Crippen molar-refractivity contribution in [2.24, 2.45) is 0 Å². The van der Waals surface area contributed by atoms with Crippen LogP contribution in [0.2, 0.25) is 0 Å². The largest absolute Gasteiger partial charge is 0.399 e. The van der Waals surface area contributed by atoms with E-state index in [0.29, 0.717) is 0 Å². The molecule has 1 unspecified atom stereocenters. The van der Waals surface area contributed by atoms with Gasteiger partial charge >= 0.3 is 0 Å². The molecule has 0 saturated heterocycles. The first-order valence-electron chi connectivity index (χ1n) is 5.13. The lowest BCUT2D eigenvalue weighted by atomic mass is 10.0. The predicted octanol–water partition coefficient (Wildman–Crippen LogP) is 2.82. The summed E-state index contributed by atoms with van der Waals surface area (Å²) in [6.45, 7) is 0. The topological polar surface area (TPSA) is 52.0 Å². The first kappa shape index (κ1) is 11.0. The molecule has 0 saturated carbocycles. The van der Waals surface area contributed by atoms with Crippen LogP contribution in [0.1, 0.15) is 16.8 Å². The van der Waals surface area contributed by atoms with Crippen LogP contribution in [0.15, 0.2) is 48.5 Å². The molecule has 4 N–H and O–H groups in total. The van der Waals surface area contributed by atoms with E-state index in [1.54, 1.807) is 0 Å². The lowest BCUT2D eigenvalue weighted by Crippen LogP contribution is -1.95. The molecule has 0 spiro atoms. The molecule has 0 amide bonds. The number of nitrogens with two attached hydrogens (primary N) is 2. The number of benzene rings is 2. The van der Waals surface area contributed by atoms with Crippen molar-refractivity contribution in [3.63, 3.8) is 0 Å². The zero-order valence-electron chi connectivity index (χ0n) is 8.93. The van der Waals surface area contributed by atoms with Crippen molar-refractivity contribution in [1.82, 2.24) is 0 Å². The SMILES string of the molecule is Nc1cccc(C(P)c2cccc(N)c2)c1. The van der Waals surface area contributed by atoms with Crippen molar-refractivity contribution in [1.29, 1.82) is 0 Å². The highest BCUT2D eigenvalue weighted by atomic mass is 31.0. The van der Waals surface area contributed by atoms with E-state index in [0.717, 1.165) is 11.4 Å². The van der Waals surface area contributed by atoms with Crippen LogP contribution >= 0.6 is 9.24 Å². The Kier molecular flexibility index (Phi) is 3.12. The molecule has 0 heterocycles. The van der Waals surface area contributed by atoms with Crippen molar-refractivity contribution < 1.29 is 0 Å². The molecule has 2 rings (SSSR count). The van der Waals surface area contributed by atoms with Gasteiger partial charge < -0.3 is 11.5 Å². The summed E-state index contributed by atoms with van der Waals surface area (Å²) in [6.07, 6.45) is 0. The van der Waals surface area contributed by atoms with Crippen LogP contribution in [0.4, 0.5) is 11.4 Å². The minimum absolute atomic E-state index is 0.229. The molecule has 1 atom stereocenters. The summed E-state index contributed by atoms with van der Waals surface area (Å²) < 4.78 is 0. The molecule has 0 radical (unpaired) electrons. The van der Waals surface area contributed by atoms with Gasteiger partial charge in [-0.2, -0.15) is 0 Å². The Morgan fingerprint density at radius 3 is 1.62 bits per heavy atom. The van der Waals surface area contributed by atoms with E-state index in [4.69, 9.17) is 11.5 Å². The third-order valence-corrected chi connectivity index (χ3v) is 3.31. The van der Waals surface area contributed by atoms with E-state index in [2.05, 4.69) is 21.4 Å². The summed E-state index contributed by atoms with van der Waals surface area (Å²) in [5.41, 5.74) is 15.7. The standard InChI is InChI=1S/C13H15N2P/c14-11-5-1-3-9(7-11)13(16)10-4-2-6-12(15)8-10/h1-8,13H,14-16H2. The van der Waals surface area contributed by atoms with E-state index in [9.17, 15) is 0 Å². The van der Waals surface area contributed by atoms with E-state index in [1.165, 1.54) is 11.1 Å². The average molecular weight is 230 g/mol. The van der Waals surface area contributed by atoms with Crippen molar-refractivity contribution >= 4 is 20.6 Å². The minimum Gasteiger partial charge on any atom is -0.399 e. The number of nitrogen functional groups attached to an aromatic ring is 2. The van der Waals surface area contributed by atoms with Gasteiger partial charge in [-0.15, -0.1) is 9.24 Å². The second kappa shape index (κ2) is 4.54. The Morgan fingerprint density at radius 2 is 1.25 bits per heavy atom. The highest BCUT2D eigenvalue weighted by Crippen LogP contribution is 2.32. The molecular weight excluding hydrogens is 215 g/mol. The Balaban J connectivity index is 2.35. The monoisotopic (exact) mass is 230 g/mol. The number of rotatable bonds is 2. The second-order valence-electron chi connectivity index (χ2n) is 3.82. The molecule has 3 heteroatoms. The van der Waals surface area contributed by atoms with Gasteiger partial charge in [0.2, 0.25) is 0 Å². The van der Waals surface area contributed by atoms with Crippen LogP contribution in [0.3, 0.4) is 0 Å². The lowest BCUT2D eigenvalue weighted by Gasteiger charge is -2.13. The first-order chi connectivity index (χ1) is 7.66. The summed E-state index contributed by atoms with van der Waals surface area (Å²) in [6, 6.07) is 15.8. The molecule has 2 nitrogen and oxygen atoms in total. The Morgan fingerprint density at radius 1 is 0.812 bits per heavy atom. The fraction of sp³-hybridized carbons (Fsp3) is 0.0769. The Labute approximate surface area is 97.9 Å². The zero-order valence-corrected chi connectivity index (χ0v) is 10.1.